The number of hydrogen-bond acceptors (Lipinski definition) is 4. The molecule has 1 heterocycles. The summed E-state index contributed by atoms with van der Waals surface area (Å²) in [4.78, 5) is 28.7. The van der Waals surface area contributed by atoms with Gasteiger partial charge in [-0.1, -0.05) is 48.5 Å². The maximum absolute atomic E-state index is 12.7. The van der Waals surface area contributed by atoms with E-state index in [9.17, 15) is 9.59 Å². The summed E-state index contributed by atoms with van der Waals surface area (Å²) in [6.45, 7) is 0.221. The molecule has 6 nitrogen and oxygen atoms in total. The van der Waals surface area contributed by atoms with Crippen LogP contribution in [-0.4, -0.2) is 24.8 Å². The fourth-order valence-electron chi connectivity index (χ4n) is 2.48. The van der Waals surface area contributed by atoms with E-state index in [2.05, 4.69) is 15.6 Å². The second-order valence-electron chi connectivity index (χ2n) is 5.87. The van der Waals surface area contributed by atoms with E-state index < -0.39 is 11.5 Å². The van der Waals surface area contributed by atoms with Gasteiger partial charge in [0.25, 0.3) is 0 Å². The number of alkyl carbamates (subject to hydrolysis) is 1. The molecule has 0 aromatic heterocycles. The first-order valence-electron chi connectivity index (χ1n) is 8.21. The van der Waals surface area contributed by atoms with E-state index in [4.69, 9.17) is 4.74 Å². The van der Waals surface area contributed by atoms with Crippen LogP contribution in [0, 0.1) is 5.41 Å². The van der Waals surface area contributed by atoms with Gasteiger partial charge in [-0.05, 0) is 23.8 Å². The molecule has 26 heavy (non-hydrogen) atoms. The number of carbonyl (C=O) groups excluding carboxylic acids is 2. The number of nitrogens with zero attached hydrogens (tertiary/aromatic N) is 1. The number of carbonyl (C=O) groups is 2. The molecular formula is C20H19N3O3. The molecule has 1 unspecified atom stereocenters. The molecule has 2 aromatic rings. The fraction of sp³-hybridized carbons (Fsp3) is 0.150. The van der Waals surface area contributed by atoms with Crippen molar-refractivity contribution in [3.8, 4) is 0 Å². The molecule has 0 spiro atoms. The third kappa shape index (κ3) is 4.36. The first kappa shape index (κ1) is 17.4. The Kier molecular flexibility index (Phi) is 5.43. The standard InChI is InChI=1S/C20H19N3O3/c24-18(23-17-9-5-2-6-10-17)20(11-12-21-14-20)15-22-19(25)26-13-16-7-3-1-4-8-16/h1-12,14H,13,15H2,(H,22,25)(H,23,24). The molecule has 0 fully saturated rings. The minimum atomic E-state index is -1.04. The molecule has 0 bridgehead atoms. The maximum atomic E-state index is 12.7. The van der Waals surface area contributed by atoms with Crippen LogP contribution in [0.2, 0.25) is 0 Å². The maximum Gasteiger partial charge on any atom is 0.407 e. The summed E-state index contributed by atoms with van der Waals surface area (Å²) < 4.78 is 5.18. The summed E-state index contributed by atoms with van der Waals surface area (Å²) in [7, 11) is 0. The highest BCUT2D eigenvalue weighted by molar-refractivity contribution is 6.09. The molecule has 1 atom stereocenters. The third-order valence-electron chi connectivity index (χ3n) is 3.96. The largest absolute Gasteiger partial charge is 0.445 e. The van der Waals surface area contributed by atoms with Gasteiger partial charge in [0.15, 0.2) is 0 Å². The Hall–Kier alpha value is -3.41. The Bertz CT molecular complexity index is 805. The number of para-hydroxylation sites is 1. The van der Waals surface area contributed by atoms with E-state index >= 15 is 0 Å². The first-order chi connectivity index (χ1) is 12.7. The summed E-state index contributed by atoms with van der Waals surface area (Å²) in [5.74, 6) is -0.274. The van der Waals surface area contributed by atoms with E-state index in [1.165, 1.54) is 6.21 Å². The summed E-state index contributed by atoms with van der Waals surface area (Å²) >= 11 is 0. The van der Waals surface area contributed by atoms with Crippen molar-refractivity contribution >= 4 is 23.9 Å². The van der Waals surface area contributed by atoms with Gasteiger partial charge in [0.1, 0.15) is 12.0 Å². The van der Waals surface area contributed by atoms with Crippen LogP contribution in [0.4, 0.5) is 10.5 Å². The van der Waals surface area contributed by atoms with E-state index in [1.807, 2.05) is 48.5 Å². The molecular weight excluding hydrogens is 330 g/mol. The Morgan fingerprint density at radius 3 is 2.35 bits per heavy atom. The molecule has 0 aliphatic carbocycles. The summed E-state index contributed by atoms with van der Waals surface area (Å²) in [6.07, 6.45) is 4.13. The van der Waals surface area contributed by atoms with Gasteiger partial charge >= 0.3 is 6.09 Å². The van der Waals surface area contributed by atoms with Crippen LogP contribution in [0.25, 0.3) is 0 Å². The topological polar surface area (TPSA) is 79.8 Å². The average molecular weight is 349 g/mol. The number of amides is 2. The lowest BCUT2D eigenvalue weighted by molar-refractivity contribution is -0.120. The van der Waals surface area contributed by atoms with Crippen LogP contribution in [0.1, 0.15) is 5.56 Å². The molecule has 2 N–H and O–H groups in total. The van der Waals surface area contributed by atoms with E-state index in [0.717, 1.165) is 5.56 Å². The van der Waals surface area contributed by atoms with Crippen LogP contribution >= 0.6 is 0 Å². The third-order valence-corrected chi connectivity index (χ3v) is 3.96. The van der Waals surface area contributed by atoms with Gasteiger partial charge in [0.05, 0.1) is 0 Å². The Labute approximate surface area is 151 Å². The van der Waals surface area contributed by atoms with Crippen molar-refractivity contribution in [3.63, 3.8) is 0 Å². The van der Waals surface area contributed by atoms with E-state index in [0.29, 0.717) is 5.69 Å². The van der Waals surface area contributed by atoms with Crippen molar-refractivity contribution < 1.29 is 14.3 Å². The normalized spacial score (nSPS) is 17.7. The number of hydrogen-bond donors (Lipinski definition) is 2. The molecule has 2 aromatic carbocycles. The van der Waals surface area contributed by atoms with Crippen molar-refractivity contribution in [1.82, 2.24) is 5.32 Å². The van der Waals surface area contributed by atoms with Crippen LogP contribution < -0.4 is 10.6 Å². The average Bonchev–Trinajstić information content (AvgIpc) is 3.17. The van der Waals surface area contributed by atoms with Crippen LogP contribution in [0.15, 0.2) is 77.9 Å². The van der Waals surface area contributed by atoms with Crippen molar-refractivity contribution in [1.29, 1.82) is 0 Å². The highest BCUT2D eigenvalue weighted by Gasteiger charge is 2.37. The summed E-state index contributed by atoms with van der Waals surface area (Å²) in [6, 6.07) is 18.5. The number of anilines is 1. The van der Waals surface area contributed by atoms with Crippen LogP contribution in [0.3, 0.4) is 0 Å². The second-order valence-corrected chi connectivity index (χ2v) is 5.87. The Balaban J connectivity index is 1.56. The molecule has 0 saturated heterocycles. The Morgan fingerprint density at radius 1 is 1.00 bits per heavy atom. The van der Waals surface area contributed by atoms with Crippen molar-refractivity contribution in [2.75, 3.05) is 11.9 Å². The number of rotatable bonds is 6. The SMILES string of the molecule is O=C(NCC1(C(=O)Nc2ccccc2)C=CN=C1)OCc1ccccc1. The van der Waals surface area contributed by atoms with Crippen LogP contribution in [0.5, 0.6) is 0 Å². The van der Waals surface area contributed by atoms with Gasteiger partial charge in [0, 0.05) is 24.6 Å². The molecule has 2 amide bonds. The van der Waals surface area contributed by atoms with Gasteiger partial charge in [-0.15, -0.1) is 0 Å². The molecule has 1 aliphatic heterocycles. The lowest BCUT2D eigenvalue weighted by atomic mass is 9.89. The van der Waals surface area contributed by atoms with Crippen LogP contribution in [-0.2, 0) is 16.1 Å². The van der Waals surface area contributed by atoms with Gasteiger partial charge in [-0.2, -0.15) is 0 Å². The highest BCUT2D eigenvalue weighted by Crippen LogP contribution is 2.23. The molecule has 6 heteroatoms. The lowest BCUT2D eigenvalue weighted by Crippen LogP contribution is -2.45. The number of nitrogens with one attached hydrogen (secondary N) is 2. The number of benzene rings is 2. The zero-order chi connectivity index (χ0) is 18.2. The molecule has 0 saturated carbocycles. The second kappa shape index (κ2) is 8.11. The first-order valence-corrected chi connectivity index (χ1v) is 8.21. The van der Waals surface area contributed by atoms with E-state index in [1.54, 1.807) is 24.4 Å². The minimum absolute atomic E-state index is 0.0549. The zero-order valence-electron chi connectivity index (χ0n) is 14.1. The monoisotopic (exact) mass is 349 g/mol. The number of ether oxygens (including phenoxy) is 1. The summed E-state index contributed by atoms with van der Waals surface area (Å²) in [5.41, 5.74) is 0.528. The van der Waals surface area contributed by atoms with Crippen molar-refractivity contribution in [2.45, 2.75) is 6.61 Å². The quantitative estimate of drug-likeness (QED) is 0.841. The van der Waals surface area contributed by atoms with Gasteiger partial charge in [0.2, 0.25) is 5.91 Å². The van der Waals surface area contributed by atoms with Gasteiger partial charge in [-0.3, -0.25) is 9.79 Å². The predicted molar refractivity (Wildman–Crippen MR) is 99.8 cm³/mol. The van der Waals surface area contributed by atoms with Gasteiger partial charge in [-0.25, -0.2) is 4.79 Å². The highest BCUT2D eigenvalue weighted by atomic mass is 16.5. The lowest BCUT2D eigenvalue weighted by Gasteiger charge is -2.23. The van der Waals surface area contributed by atoms with Crippen molar-refractivity contribution in [3.05, 3.63) is 78.5 Å². The fourth-order valence-corrected chi connectivity index (χ4v) is 2.48. The predicted octanol–water partition coefficient (Wildman–Crippen LogP) is 3.14. The zero-order valence-corrected chi connectivity index (χ0v) is 14.1. The molecule has 1 aliphatic rings. The van der Waals surface area contributed by atoms with Gasteiger partial charge < -0.3 is 15.4 Å². The Morgan fingerprint density at radius 2 is 1.69 bits per heavy atom. The summed E-state index contributed by atoms with van der Waals surface area (Å²) in [5, 5.41) is 5.47. The minimum Gasteiger partial charge on any atom is -0.445 e. The van der Waals surface area contributed by atoms with E-state index in [-0.39, 0.29) is 19.1 Å². The van der Waals surface area contributed by atoms with Crippen molar-refractivity contribution in [2.24, 2.45) is 10.4 Å². The molecule has 0 radical (unpaired) electrons. The molecule has 3 rings (SSSR count). The number of aliphatic imine (C=N–C) groups is 1. The smallest absolute Gasteiger partial charge is 0.407 e. The molecule has 132 valence electrons.